The van der Waals surface area contributed by atoms with Gasteiger partial charge in [-0.1, -0.05) is 12.1 Å². The number of amides is 1. The third kappa shape index (κ3) is 7.03. The van der Waals surface area contributed by atoms with Crippen molar-refractivity contribution in [3.8, 4) is 5.75 Å². The van der Waals surface area contributed by atoms with Crippen molar-refractivity contribution in [3.63, 3.8) is 0 Å². The van der Waals surface area contributed by atoms with Crippen LogP contribution in [0, 0.1) is 6.92 Å². The summed E-state index contributed by atoms with van der Waals surface area (Å²) < 4.78 is 28.2. The Balaban J connectivity index is 1.66. The Labute approximate surface area is 167 Å². The maximum Gasteiger partial charge on any atom is 0.222 e. The van der Waals surface area contributed by atoms with Crippen molar-refractivity contribution in [1.82, 2.24) is 16.0 Å². The zero-order valence-corrected chi connectivity index (χ0v) is 17.6. The summed E-state index contributed by atoms with van der Waals surface area (Å²) in [6, 6.07) is 5.88. The van der Waals surface area contributed by atoms with E-state index in [4.69, 9.17) is 4.74 Å². The van der Waals surface area contributed by atoms with Crippen molar-refractivity contribution in [2.24, 2.45) is 4.99 Å². The van der Waals surface area contributed by atoms with Crippen LogP contribution in [0.4, 0.5) is 0 Å². The Kier molecular flexibility index (Phi) is 8.10. The predicted octanol–water partition coefficient (Wildman–Crippen LogP) is 0.405. The normalized spacial score (nSPS) is 18.5. The lowest BCUT2D eigenvalue weighted by Gasteiger charge is -2.14. The average molecular weight is 411 g/mol. The number of rotatable bonds is 8. The smallest absolute Gasteiger partial charge is 0.222 e. The summed E-state index contributed by atoms with van der Waals surface area (Å²) in [5.74, 6) is 1.53. The molecule has 1 heterocycles. The van der Waals surface area contributed by atoms with Gasteiger partial charge in [0.1, 0.15) is 5.75 Å². The van der Waals surface area contributed by atoms with Gasteiger partial charge in [0.15, 0.2) is 15.8 Å². The van der Waals surface area contributed by atoms with Gasteiger partial charge in [-0.15, -0.1) is 0 Å². The minimum absolute atomic E-state index is 0.0409. The van der Waals surface area contributed by atoms with E-state index in [1.807, 2.05) is 19.1 Å². The number of aliphatic imine (C=N–C) groups is 1. The van der Waals surface area contributed by atoms with Crippen molar-refractivity contribution in [3.05, 3.63) is 29.3 Å². The van der Waals surface area contributed by atoms with Crippen LogP contribution in [0.2, 0.25) is 0 Å². The van der Waals surface area contributed by atoms with Crippen molar-refractivity contribution in [1.29, 1.82) is 0 Å². The first-order valence-electron chi connectivity index (χ1n) is 9.41. The topological polar surface area (TPSA) is 109 Å². The quantitative estimate of drug-likeness (QED) is 0.423. The average Bonchev–Trinajstić information content (AvgIpc) is 2.99. The second-order valence-corrected chi connectivity index (χ2v) is 9.13. The number of carbonyl (C=O) groups is 1. The van der Waals surface area contributed by atoms with Crippen LogP contribution < -0.4 is 20.7 Å². The minimum atomic E-state index is -2.99. The van der Waals surface area contributed by atoms with Crippen LogP contribution in [0.25, 0.3) is 0 Å². The van der Waals surface area contributed by atoms with E-state index in [1.165, 1.54) is 0 Å². The highest BCUT2D eigenvalue weighted by molar-refractivity contribution is 7.91. The van der Waals surface area contributed by atoms with Gasteiger partial charge in [-0.25, -0.2) is 8.42 Å². The molecule has 1 atom stereocenters. The molecule has 1 aromatic rings. The van der Waals surface area contributed by atoms with Crippen LogP contribution in [0.1, 0.15) is 24.0 Å². The highest BCUT2D eigenvalue weighted by atomic mass is 32.2. The monoisotopic (exact) mass is 410 g/mol. The number of aryl methyl sites for hydroxylation is 1. The molecule has 1 aliphatic rings. The van der Waals surface area contributed by atoms with Gasteiger partial charge in [-0.2, -0.15) is 0 Å². The van der Waals surface area contributed by atoms with E-state index in [1.54, 1.807) is 14.2 Å². The summed E-state index contributed by atoms with van der Waals surface area (Å²) in [6.45, 7) is 3.12. The Bertz CT molecular complexity index is 808. The fraction of sp³-hybridized carbons (Fsp3) is 0.579. The van der Waals surface area contributed by atoms with Crippen molar-refractivity contribution < 1.29 is 17.9 Å². The fourth-order valence-electron chi connectivity index (χ4n) is 3.07. The largest absolute Gasteiger partial charge is 0.496 e. The molecule has 1 saturated heterocycles. The highest BCUT2D eigenvalue weighted by Gasteiger charge is 2.28. The maximum atomic E-state index is 11.9. The van der Waals surface area contributed by atoms with Crippen LogP contribution >= 0.6 is 0 Å². The number of sulfone groups is 1. The van der Waals surface area contributed by atoms with E-state index in [0.717, 1.165) is 23.3 Å². The van der Waals surface area contributed by atoms with E-state index in [0.29, 0.717) is 25.5 Å². The SMILES string of the molecule is CN=C(NCCC(=O)NC1CCS(=O)(=O)C1)NCCc1ccc(C)c(OC)c1. The third-order valence-electron chi connectivity index (χ3n) is 4.64. The fourth-order valence-corrected chi connectivity index (χ4v) is 4.74. The number of guanidine groups is 1. The molecule has 3 N–H and O–H groups in total. The van der Waals surface area contributed by atoms with Gasteiger partial charge in [-0.05, 0) is 37.0 Å². The van der Waals surface area contributed by atoms with Crippen LogP contribution in [-0.4, -0.2) is 65.1 Å². The lowest BCUT2D eigenvalue weighted by molar-refractivity contribution is -0.121. The van der Waals surface area contributed by atoms with Gasteiger partial charge in [0.2, 0.25) is 5.91 Å². The summed E-state index contributed by atoms with van der Waals surface area (Å²) in [5, 5.41) is 9.09. The first kappa shape index (κ1) is 22.0. The molecule has 2 rings (SSSR count). The van der Waals surface area contributed by atoms with E-state index < -0.39 is 9.84 Å². The lowest BCUT2D eigenvalue weighted by Crippen LogP contribution is -2.41. The van der Waals surface area contributed by atoms with Crippen molar-refractivity contribution in [2.45, 2.75) is 32.2 Å². The molecule has 0 spiro atoms. The minimum Gasteiger partial charge on any atom is -0.496 e. The lowest BCUT2D eigenvalue weighted by atomic mass is 10.1. The van der Waals surface area contributed by atoms with E-state index >= 15 is 0 Å². The van der Waals surface area contributed by atoms with Crippen LogP contribution in [0.15, 0.2) is 23.2 Å². The first-order chi connectivity index (χ1) is 13.3. The molecule has 156 valence electrons. The van der Waals surface area contributed by atoms with Gasteiger partial charge in [-0.3, -0.25) is 9.79 Å². The molecule has 0 aliphatic carbocycles. The molecule has 1 unspecified atom stereocenters. The maximum absolute atomic E-state index is 11.9. The second-order valence-electron chi connectivity index (χ2n) is 6.90. The number of hydrogen-bond donors (Lipinski definition) is 3. The Morgan fingerprint density at radius 3 is 2.68 bits per heavy atom. The number of methoxy groups -OCH3 is 1. The van der Waals surface area contributed by atoms with Gasteiger partial charge < -0.3 is 20.7 Å². The number of nitrogens with one attached hydrogen (secondary N) is 3. The number of nitrogens with zero attached hydrogens (tertiary/aromatic N) is 1. The molecule has 1 amide bonds. The number of benzene rings is 1. The molecular formula is C19H30N4O4S. The Morgan fingerprint density at radius 1 is 1.29 bits per heavy atom. The van der Waals surface area contributed by atoms with E-state index in [9.17, 15) is 13.2 Å². The molecule has 1 aromatic carbocycles. The molecule has 0 radical (unpaired) electrons. The zero-order chi connectivity index (χ0) is 20.6. The van der Waals surface area contributed by atoms with Gasteiger partial charge in [0.25, 0.3) is 0 Å². The second kappa shape index (κ2) is 10.3. The Hall–Kier alpha value is -2.29. The third-order valence-corrected chi connectivity index (χ3v) is 6.41. The molecule has 1 aliphatic heterocycles. The van der Waals surface area contributed by atoms with Crippen LogP contribution in [0.3, 0.4) is 0 Å². The summed E-state index contributed by atoms with van der Waals surface area (Å²) in [4.78, 5) is 16.1. The first-order valence-corrected chi connectivity index (χ1v) is 11.2. The van der Waals surface area contributed by atoms with Gasteiger partial charge in [0.05, 0.1) is 18.6 Å². The van der Waals surface area contributed by atoms with E-state index in [-0.39, 0.29) is 29.9 Å². The van der Waals surface area contributed by atoms with Crippen molar-refractivity contribution in [2.75, 3.05) is 38.8 Å². The standard InChI is InChI=1S/C19H30N4O4S/c1-14-4-5-15(12-17(14)27-3)6-9-21-19(20-2)22-10-7-18(24)23-16-8-11-28(25,26)13-16/h4-5,12,16H,6-11,13H2,1-3H3,(H,23,24)(H2,20,21,22). The predicted molar refractivity (Wildman–Crippen MR) is 111 cm³/mol. The molecule has 1 fully saturated rings. The summed E-state index contributed by atoms with van der Waals surface area (Å²) >= 11 is 0. The number of carbonyl (C=O) groups excluding carboxylic acids is 1. The highest BCUT2D eigenvalue weighted by Crippen LogP contribution is 2.19. The van der Waals surface area contributed by atoms with Crippen LogP contribution in [-0.2, 0) is 21.1 Å². The van der Waals surface area contributed by atoms with E-state index in [2.05, 4.69) is 27.0 Å². The summed E-state index contributed by atoms with van der Waals surface area (Å²) in [6.07, 6.45) is 1.56. The molecule has 0 bridgehead atoms. The molecule has 9 heteroatoms. The molecular weight excluding hydrogens is 380 g/mol. The van der Waals surface area contributed by atoms with Gasteiger partial charge in [0, 0.05) is 32.6 Å². The van der Waals surface area contributed by atoms with Crippen molar-refractivity contribution >= 4 is 21.7 Å². The van der Waals surface area contributed by atoms with Gasteiger partial charge >= 0.3 is 0 Å². The summed E-state index contributed by atoms with van der Waals surface area (Å²) in [5.41, 5.74) is 2.27. The number of ether oxygens (including phenoxy) is 1. The zero-order valence-electron chi connectivity index (χ0n) is 16.7. The molecule has 0 saturated carbocycles. The van der Waals surface area contributed by atoms with Crippen LogP contribution in [0.5, 0.6) is 5.75 Å². The molecule has 28 heavy (non-hydrogen) atoms. The summed E-state index contributed by atoms with van der Waals surface area (Å²) in [7, 11) is 0.352. The Morgan fingerprint density at radius 2 is 2.04 bits per heavy atom. The molecule has 0 aromatic heterocycles. The molecule has 8 nitrogen and oxygen atoms in total. The number of hydrogen-bond acceptors (Lipinski definition) is 5.